The highest BCUT2D eigenvalue weighted by Gasteiger charge is 2.15. The molecule has 158 valence electrons. The van der Waals surface area contributed by atoms with E-state index in [4.69, 9.17) is 9.47 Å². The Labute approximate surface area is 169 Å². The van der Waals surface area contributed by atoms with Crippen LogP contribution in [0.1, 0.15) is 47.0 Å². The molecule has 0 fully saturated rings. The van der Waals surface area contributed by atoms with Crippen LogP contribution < -0.4 is 20.7 Å². The standard InChI is InChI=1S/C21H36N4O3/c1-5-22-19(24-15-11-16-25-20(26)28-21(2,3)4)23-14-9-10-17-27-18-12-7-6-8-13-18/h6-8,12-13H,5,9-11,14-17H2,1-4H3,(H,25,26)(H2,22,23,24). The van der Waals surface area contributed by atoms with Crippen LogP contribution in [0.4, 0.5) is 4.79 Å². The highest BCUT2D eigenvalue weighted by atomic mass is 16.6. The number of nitrogens with one attached hydrogen (secondary N) is 3. The second kappa shape index (κ2) is 13.7. The molecule has 1 amide bonds. The lowest BCUT2D eigenvalue weighted by Gasteiger charge is -2.19. The number of hydrogen-bond donors (Lipinski definition) is 3. The Kier molecular flexibility index (Phi) is 11.5. The maximum atomic E-state index is 11.6. The van der Waals surface area contributed by atoms with Crippen molar-refractivity contribution in [2.75, 3.05) is 32.8 Å². The average molecular weight is 393 g/mol. The molecule has 1 aromatic rings. The molecule has 7 heteroatoms. The summed E-state index contributed by atoms with van der Waals surface area (Å²) in [6.07, 6.45) is 2.33. The monoisotopic (exact) mass is 392 g/mol. The molecule has 0 saturated carbocycles. The summed E-state index contributed by atoms with van der Waals surface area (Å²) < 4.78 is 10.9. The highest BCUT2D eigenvalue weighted by molar-refractivity contribution is 5.79. The summed E-state index contributed by atoms with van der Waals surface area (Å²) in [7, 11) is 0. The number of carbonyl (C=O) groups is 1. The van der Waals surface area contributed by atoms with Crippen LogP contribution in [0.2, 0.25) is 0 Å². The molecule has 0 atom stereocenters. The summed E-state index contributed by atoms with van der Waals surface area (Å²) in [5.74, 6) is 1.70. The number of guanidine groups is 1. The molecule has 3 N–H and O–H groups in total. The van der Waals surface area contributed by atoms with Gasteiger partial charge in [-0.3, -0.25) is 4.99 Å². The molecule has 28 heavy (non-hydrogen) atoms. The van der Waals surface area contributed by atoms with E-state index in [1.165, 1.54) is 0 Å². The Hall–Kier alpha value is -2.44. The molecule has 0 aromatic heterocycles. The number of benzene rings is 1. The molecule has 0 radical (unpaired) electrons. The predicted octanol–water partition coefficient (Wildman–Crippen LogP) is 3.32. The first-order chi connectivity index (χ1) is 13.4. The Morgan fingerprint density at radius 1 is 1.00 bits per heavy atom. The lowest BCUT2D eigenvalue weighted by atomic mass is 10.2. The van der Waals surface area contributed by atoms with Gasteiger partial charge in [-0.15, -0.1) is 0 Å². The molecule has 0 spiro atoms. The molecule has 1 aromatic carbocycles. The van der Waals surface area contributed by atoms with Gasteiger partial charge in [-0.2, -0.15) is 0 Å². The van der Waals surface area contributed by atoms with Gasteiger partial charge < -0.3 is 25.4 Å². The van der Waals surface area contributed by atoms with E-state index in [-0.39, 0.29) is 6.09 Å². The number of aliphatic imine (C=N–C) groups is 1. The van der Waals surface area contributed by atoms with Gasteiger partial charge in [-0.25, -0.2) is 4.79 Å². The van der Waals surface area contributed by atoms with E-state index in [0.29, 0.717) is 19.7 Å². The van der Waals surface area contributed by atoms with Crippen molar-refractivity contribution in [3.05, 3.63) is 30.3 Å². The number of amides is 1. The fourth-order valence-electron chi connectivity index (χ4n) is 2.26. The predicted molar refractivity (Wildman–Crippen MR) is 114 cm³/mol. The smallest absolute Gasteiger partial charge is 0.407 e. The molecule has 0 saturated heterocycles. The Bertz CT molecular complexity index is 571. The molecule has 7 nitrogen and oxygen atoms in total. The van der Waals surface area contributed by atoms with Gasteiger partial charge in [0.25, 0.3) is 0 Å². The van der Waals surface area contributed by atoms with Crippen molar-refractivity contribution in [1.29, 1.82) is 0 Å². The van der Waals surface area contributed by atoms with Crippen LogP contribution in [-0.2, 0) is 4.74 Å². The second-order valence-corrected chi connectivity index (χ2v) is 7.34. The largest absolute Gasteiger partial charge is 0.494 e. The molecule has 0 bridgehead atoms. The van der Waals surface area contributed by atoms with Crippen LogP contribution in [0.5, 0.6) is 5.75 Å². The first kappa shape index (κ1) is 23.6. The van der Waals surface area contributed by atoms with Crippen LogP contribution >= 0.6 is 0 Å². The van der Waals surface area contributed by atoms with Gasteiger partial charge in [0.2, 0.25) is 0 Å². The molecule has 0 unspecified atom stereocenters. The van der Waals surface area contributed by atoms with Crippen molar-refractivity contribution < 1.29 is 14.3 Å². The van der Waals surface area contributed by atoms with Crippen molar-refractivity contribution in [3.63, 3.8) is 0 Å². The number of ether oxygens (including phenoxy) is 2. The second-order valence-electron chi connectivity index (χ2n) is 7.34. The zero-order valence-corrected chi connectivity index (χ0v) is 17.7. The van der Waals surface area contributed by atoms with E-state index in [2.05, 4.69) is 20.9 Å². The maximum absolute atomic E-state index is 11.6. The van der Waals surface area contributed by atoms with Crippen LogP contribution in [0.25, 0.3) is 0 Å². The van der Waals surface area contributed by atoms with Gasteiger partial charge in [0, 0.05) is 26.2 Å². The number of carbonyl (C=O) groups excluding carboxylic acids is 1. The van der Waals surface area contributed by atoms with Crippen molar-refractivity contribution in [1.82, 2.24) is 16.0 Å². The van der Waals surface area contributed by atoms with Crippen LogP contribution in [0.3, 0.4) is 0 Å². The number of hydrogen-bond acceptors (Lipinski definition) is 4. The van der Waals surface area contributed by atoms with E-state index in [1.54, 1.807) is 0 Å². The molecular weight excluding hydrogens is 356 g/mol. The fourth-order valence-corrected chi connectivity index (χ4v) is 2.26. The van der Waals surface area contributed by atoms with E-state index in [1.807, 2.05) is 58.0 Å². The number of alkyl carbamates (subject to hydrolysis) is 1. The maximum Gasteiger partial charge on any atom is 0.407 e. The summed E-state index contributed by atoms with van der Waals surface area (Å²) in [4.78, 5) is 16.1. The molecule has 0 aliphatic heterocycles. The summed E-state index contributed by atoms with van der Waals surface area (Å²) in [6, 6.07) is 9.85. The SMILES string of the molecule is CCNC(=NCCCNC(=O)OC(C)(C)C)NCCCCOc1ccccc1. The Morgan fingerprint density at radius 3 is 2.39 bits per heavy atom. The summed E-state index contributed by atoms with van der Waals surface area (Å²) in [5.41, 5.74) is -0.476. The van der Waals surface area contributed by atoms with E-state index < -0.39 is 5.60 Å². The molecule has 0 aliphatic carbocycles. The van der Waals surface area contributed by atoms with Gasteiger partial charge >= 0.3 is 6.09 Å². The van der Waals surface area contributed by atoms with Crippen molar-refractivity contribution in [3.8, 4) is 5.75 Å². The number of unbranched alkanes of at least 4 members (excludes halogenated alkanes) is 1. The minimum Gasteiger partial charge on any atom is -0.494 e. The van der Waals surface area contributed by atoms with Crippen LogP contribution in [0.15, 0.2) is 35.3 Å². The molecule has 1 rings (SSSR count). The average Bonchev–Trinajstić information content (AvgIpc) is 2.63. The number of para-hydroxylation sites is 1. The summed E-state index contributed by atoms with van der Waals surface area (Å²) >= 11 is 0. The fraction of sp³-hybridized carbons (Fsp3) is 0.619. The Morgan fingerprint density at radius 2 is 1.71 bits per heavy atom. The minimum absolute atomic E-state index is 0.390. The van der Waals surface area contributed by atoms with Crippen molar-refractivity contribution in [2.24, 2.45) is 4.99 Å². The first-order valence-corrected chi connectivity index (χ1v) is 10.1. The topological polar surface area (TPSA) is 84.0 Å². The van der Waals surface area contributed by atoms with Gasteiger partial charge in [0.1, 0.15) is 11.4 Å². The summed E-state index contributed by atoms with van der Waals surface area (Å²) in [6.45, 7) is 11.1. The zero-order chi connectivity index (χ0) is 20.7. The van der Waals surface area contributed by atoms with Crippen LogP contribution in [-0.4, -0.2) is 50.4 Å². The quantitative estimate of drug-likeness (QED) is 0.306. The summed E-state index contributed by atoms with van der Waals surface area (Å²) in [5, 5.41) is 9.29. The third-order valence-electron chi connectivity index (χ3n) is 3.49. The molecular formula is C21H36N4O3. The lowest BCUT2D eigenvalue weighted by Crippen LogP contribution is -2.38. The lowest BCUT2D eigenvalue weighted by molar-refractivity contribution is 0.0527. The number of nitrogens with zero attached hydrogens (tertiary/aromatic N) is 1. The normalized spacial score (nSPS) is 11.6. The zero-order valence-electron chi connectivity index (χ0n) is 17.7. The number of rotatable bonds is 11. The highest BCUT2D eigenvalue weighted by Crippen LogP contribution is 2.08. The molecule has 0 heterocycles. The van der Waals surface area contributed by atoms with Gasteiger partial charge in [-0.1, -0.05) is 18.2 Å². The van der Waals surface area contributed by atoms with E-state index in [0.717, 1.165) is 44.1 Å². The molecule has 0 aliphatic rings. The van der Waals surface area contributed by atoms with Gasteiger partial charge in [0.05, 0.1) is 6.61 Å². The van der Waals surface area contributed by atoms with Crippen molar-refractivity contribution in [2.45, 2.75) is 52.6 Å². The third kappa shape index (κ3) is 12.8. The van der Waals surface area contributed by atoms with Crippen LogP contribution in [0, 0.1) is 0 Å². The first-order valence-electron chi connectivity index (χ1n) is 10.1. The van der Waals surface area contributed by atoms with Crippen molar-refractivity contribution >= 4 is 12.1 Å². The Balaban J connectivity index is 2.13. The van der Waals surface area contributed by atoms with Gasteiger partial charge in [0.15, 0.2) is 5.96 Å². The third-order valence-corrected chi connectivity index (χ3v) is 3.49. The van der Waals surface area contributed by atoms with Gasteiger partial charge in [-0.05, 0) is 59.1 Å². The van der Waals surface area contributed by atoms with E-state index in [9.17, 15) is 4.79 Å². The van der Waals surface area contributed by atoms with E-state index >= 15 is 0 Å². The minimum atomic E-state index is -0.476.